The third-order valence-corrected chi connectivity index (χ3v) is 3.28. The van der Waals surface area contributed by atoms with E-state index in [4.69, 9.17) is 15.2 Å². The molecular formula is C10H16N2O4S. The van der Waals surface area contributed by atoms with Gasteiger partial charge in [-0.05, 0) is 20.8 Å². The maximum atomic E-state index is 11.6. The van der Waals surface area contributed by atoms with E-state index in [1.165, 1.54) is 0 Å². The molecule has 1 aliphatic rings. The first kappa shape index (κ1) is 13.9. The smallest absolute Gasteiger partial charge is 0.358 e. The Balaban J connectivity index is 2.77. The molecule has 0 spiro atoms. The molecule has 0 bridgehead atoms. The lowest BCUT2D eigenvalue weighted by Crippen LogP contribution is -2.54. The van der Waals surface area contributed by atoms with Gasteiger partial charge in [-0.15, -0.1) is 0 Å². The molecule has 0 aromatic carbocycles. The summed E-state index contributed by atoms with van der Waals surface area (Å²) in [7, 11) is 0. The minimum absolute atomic E-state index is 0.230. The number of hydrogen-bond donors (Lipinski definition) is 2. The predicted molar refractivity (Wildman–Crippen MR) is 63.6 cm³/mol. The van der Waals surface area contributed by atoms with E-state index in [0.29, 0.717) is 10.6 Å². The van der Waals surface area contributed by atoms with Crippen LogP contribution in [-0.2, 0) is 19.1 Å². The van der Waals surface area contributed by atoms with Crippen LogP contribution in [0.4, 0.5) is 0 Å². The highest BCUT2D eigenvalue weighted by Crippen LogP contribution is 2.36. The van der Waals surface area contributed by atoms with Crippen molar-refractivity contribution in [2.45, 2.75) is 25.8 Å². The molecule has 0 aliphatic carbocycles. The van der Waals surface area contributed by atoms with Gasteiger partial charge in [-0.25, -0.2) is 9.59 Å². The number of esters is 2. The maximum Gasteiger partial charge on any atom is 0.358 e. The van der Waals surface area contributed by atoms with E-state index in [0.717, 1.165) is 11.8 Å². The van der Waals surface area contributed by atoms with E-state index in [1.807, 2.05) is 0 Å². The van der Waals surface area contributed by atoms with Crippen molar-refractivity contribution in [3.8, 4) is 0 Å². The molecule has 0 aromatic heterocycles. The molecule has 6 nitrogen and oxygen atoms in total. The zero-order chi connectivity index (χ0) is 13.1. The number of hydrogen-bond acceptors (Lipinski definition) is 7. The van der Waals surface area contributed by atoms with Crippen LogP contribution in [0.1, 0.15) is 20.8 Å². The lowest BCUT2D eigenvalue weighted by atomic mass is 10.4. The number of nitrogens with one attached hydrogen (secondary N) is 1. The van der Waals surface area contributed by atoms with Gasteiger partial charge in [0, 0.05) is 5.70 Å². The lowest BCUT2D eigenvalue weighted by Gasteiger charge is -2.21. The van der Waals surface area contributed by atoms with Gasteiger partial charge < -0.3 is 14.8 Å². The predicted octanol–water partition coefficient (Wildman–Crippen LogP) is 0.293. The van der Waals surface area contributed by atoms with Gasteiger partial charge >= 0.3 is 11.9 Å². The number of ether oxygens (including phenoxy) is 2. The molecule has 1 rings (SSSR count). The van der Waals surface area contributed by atoms with Crippen LogP contribution in [0.2, 0.25) is 0 Å². The molecule has 0 fully saturated rings. The van der Waals surface area contributed by atoms with Crippen molar-refractivity contribution < 1.29 is 19.1 Å². The van der Waals surface area contributed by atoms with E-state index in [1.54, 1.807) is 20.8 Å². The summed E-state index contributed by atoms with van der Waals surface area (Å²) in [6, 6.07) is 0. The third-order valence-electron chi connectivity index (χ3n) is 2.02. The van der Waals surface area contributed by atoms with Gasteiger partial charge in [0.05, 0.1) is 13.2 Å². The van der Waals surface area contributed by atoms with Crippen LogP contribution < -0.4 is 11.1 Å². The summed E-state index contributed by atoms with van der Waals surface area (Å²) < 4.78 is 9.70. The van der Waals surface area contributed by atoms with Gasteiger partial charge in [0.25, 0.3) is 0 Å². The number of carbonyl (C=O) groups excluding carboxylic acids is 2. The van der Waals surface area contributed by atoms with Crippen molar-refractivity contribution in [2.75, 3.05) is 13.2 Å². The average molecular weight is 260 g/mol. The highest BCUT2D eigenvalue weighted by molar-refractivity contribution is 8.06. The normalized spacial score (nSPS) is 23.3. The van der Waals surface area contributed by atoms with Crippen molar-refractivity contribution in [3.63, 3.8) is 0 Å². The summed E-state index contributed by atoms with van der Waals surface area (Å²) in [5, 5.41) is 2.75. The van der Waals surface area contributed by atoms with Crippen LogP contribution in [0.5, 0.6) is 0 Å². The average Bonchev–Trinajstić information content (AvgIpc) is 2.56. The minimum Gasteiger partial charge on any atom is -0.463 e. The molecule has 17 heavy (non-hydrogen) atoms. The molecule has 3 N–H and O–H groups in total. The molecule has 1 heterocycles. The number of allylic oxidation sites excluding steroid dienone is 1. The van der Waals surface area contributed by atoms with Crippen LogP contribution >= 0.6 is 11.8 Å². The first-order valence-electron chi connectivity index (χ1n) is 5.25. The zero-order valence-electron chi connectivity index (χ0n) is 10.0. The molecule has 0 radical (unpaired) electrons. The Bertz CT molecular complexity index is 369. The van der Waals surface area contributed by atoms with Crippen LogP contribution in [0.25, 0.3) is 0 Å². The summed E-state index contributed by atoms with van der Waals surface area (Å²) in [6.45, 7) is 5.56. The highest BCUT2D eigenvalue weighted by Gasteiger charge is 2.45. The van der Waals surface area contributed by atoms with Crippen LogP contribution in [0, 0.1) is 0 Å². The summed E-state index contributed by atoms with van der Waals surface area (Å²) >= 11 is 0.914. The lowest BCUT2D eigenvalue weighted by molar-refractivity contribution is -0.146. The van der Waals surface area contributed by atoms with Crippen LogP contribution in [0.3, 0.4) is 0 Å². The fourth-order valence-electron chi connectivity index (χ4n) is 1.32. The van der Waals surface area contributed by atoms with Gasteiger partial charge in [0.2, 0.25) is 4.99 Å². The molecule has 96 valence electrons. The van der Waals surface area contributed by atoms with E-state index in [2.05, 4.69) is 5.32 Å². The Hall–Kier alpha value is -1.21. The van der Waals surface area contributed by atoms with Gasteiger partial charge in [0.1, 0.15) is 4.91 Å². The van der Waals surface area contributed by atoms with Crippen molar-refractivity contribution in [1.82, 2.24) is 5.32 Å². The fraction of sp³-hybridized carbons (Fsp3) is 0.600. The third kappa shape index (κ3) is 2.92. The number of rotatable bonds is 4. The first-order chi connectivity index (χ1) is 7.94. The Morgan fingerprint density at radius 1 is 1.35 bits per heavy atom. The fourth-order valence-corrected chi connectivity index (χ4v) is 2.34. The van der Waals surface area contributed by atoms with Gasteiger partial charge in [-0.1, -0.05) is 11.8 Å². The SMILES string of the molecule is CCOC(=O)C1=C(C)NC(N)(C(=O)OCC)S1. The summed E-state index contributed by atoms with van der Waals surface area (Å²) in [4.78, 5) is 22.1. The molecule has 1 aliphatic heterocycles. The Morgan fingerprint density at radius 3 is 2.47 bits per heavy atom. The Morgan fingerprint density at radius 2 is 1.94 bits per heavy atom. The number of nitrogens with two attached hydrogens (primary N) is 1. The molecule has 0 aromatic rings. The maximum absolute atomic E-state index is 11.6. The second-order valence-corrected chi connectivity index (χ2v) is 4.61. The summed E-state index contributed by atoms with van der Waals surface area (Å²) in [6.07, 6.45) is 0. The van der Waals surface area contributed by atoms with Crippen LogP contribution in [0.15, 0.2) is 10.6 Å². The van der Waals surface area contributed by atoms with E-state index in [9.17, 15) is 9.59 Å². The number of thioether (sulfide) groups is 1. The molecule has 0 saturated heterocycles. The largest absolute Gasteiger partial charge is 0.463 e. The van der Waals surface area contributed by atoms with E-state index < -0.39 is 16.9 Å². The van der Waals surface area contributed by atoms with Crippen molar-refractivity contribution in [3.05, 3.63) is 10.6 Å². The molecule has 0 saturated carbocycles. The van der Waals surface area contributed by atoms with E-state index >= 15 is 0 Å². The molecular weight excluding hydrogens is 244 g/mol. The van der Waals surface area contributed by atoms with Crippen molar-refractivity contribution in [2.24, 2.45) is 5.73 Å². The topological polar surface area (TPSA) is 90.6 Å². The minimum atomic E-state index is -1.44. The molecule has 1 unspecified atom stereocenters. The van der Waals surface area contributed by atoms with Gasteiger partial charge in [-0.3, -0.25) is 5.73 Å². The standard InChI is InChI=1S/C10H16N2O4S/c1-4-15-8(13)7-6(3)12-10(11,17-7)9(14)16-5-2/h12H,4-5,11H2,1-3H3. The highest BCUT2D eigenvalue weighted by atomic mass is 32.2. The Kier molecular flexibility index (Phi) is 4.41. The monoisotopic (exact) mass is 260 g/mol. The molecule has 0 amide bonds. The first-order valence-corrected chi connectivity index (χ1v) is 6.07. The van der Waals surface area contributed by atoms with E-state index in [-0.39, 0.29) is 13.2 Å². The van der Waals surface area contributed by atoms with Gasteiger partial charge in [0.15, 0.2) is 0 Å². The second-order valence-electron chi connectivity index (χ2n) is 3.36. The van der Waals surface area contributed by atoms with Crippen LogP contribution in [-0.4, -0.2) is 30.1 Å². The van der Waals surface area contributed by atoms with Crippen molar-refractivity contribution >= 4 is 23.7 Å². The Labute approximate surface area is 104 Å². The molecule has 7 heteroatoms. The molecule has 1 atom stereocenters. The second kappa shape index (κ2) is 5.42. The zero-order valence-corrected chi connectivity index (χ0v) is 10.8. The quantitative estimate of drug-likeness (QED) is 0.702. The summed E-state index contributed by atoms with van der Waals surface area (Å²) in [5.74, 6) is -1.09. The summed E-state index contributed by atoms with van der Waals surface area (Å²) in [5.41, 5.74) is 6.35. The van der Waals surface area contributed by atoms with Crippen molar-refractivity contribution in [1.29, 1.82) is 0 Å². The van der Waals surface area contributed by atoms with Gasteiger partial charge in [-0.2, -0.15) is 0 Å². The number of carbonyl (C=O) groups is 2.